The van der Waals surface area contributed by atoms with E-state index in [-0.39, 0.29) is 5.78 Å². The number of carbonyl (C=O) groups is 1. The zero-order chi connectivity index (χ0) is 10.8. The largest absolute Gasteiger partial charge is 0.305 e. The van der Waals surface area contributed by atoms with Crippen LogP contribution in [0.3, 0.4) is 0 Å². The fourth-order valence-electron chi connectivity index (χ4n) is 1.27. The molecule has 0 aliphatic carbocycles. The van der Waals surface area contributed by atoms with E-state index >= 15 is 0 Å². The maximum absolute atomic E-state index is 10.7. The molecule has 2 heterocycles. The van der Waals surface area contributed by atoms with Crippen LogP contribution in [0.15, 0.2) is 30.6 Å². The van der Waals surface area contributed by atoms with Crippen molar-refractivity contribution in [3.8, 4) is 0 Å². The number of carbonyl (C=O) groups excluding carboxylic acids is 1. The van der Waals surface area contributed by atoms with Gasteiger partial charge < -0.3 is 4.40 Å². The SMILES string of the molecule is CC(=O)/C=C/c1cn2cc(Cl)ccc2n1. The number of ketones is 1. The first-order valence-electron chi connectivity index (χ1n) is 4.48. The molecule has 2 aromatic heterocycles. The number of nitrogens with zero attached hydrogens (tertiary/aromatic N) is 2. The third kappa shape index (κ3) is 2.25. The van der Waals surface area contributed by atoms with Gasteiger partial charge in [0.1, 0.15) is 5.65 Å². The zero-order valence-electron chi connectivity index (χ0n) is 8.14. The molecule has 3 nitrogen and oxygen atoms in total. The van der Waals surface area contributed by atoms with Crippen molar-refractivity contribution in [1.29, 1.82) is 0 Å². The minimum Gasteiger partial charge on any atom is -0.305 e. The van der Waals surface area contributed by atoms with Gasteiger partial charge in [0.05, 0.1) is 10.7 Å². The molecule has 0 radical (unpaired) electrons. The molecule has 0 atom stereocenters. The van der Waals surface area contributed by atoms with Crippen molar-refractivity contribution >= 4 is 29.1 Å². The summed E-state index contributed by atoms with van der Waals surface area (Å²) in [6.45, 7) is 1.50. The van der Waals surface area contributed by atoms with Gasteiger partial charge in [-0.2, -0.15) is 0 Å². The molecule has 0 saturated heterocycles. The number of hydrogen-bond acceptors (Lipinski definition) is 2. The molecule has 0 bridgehead atoms. The molecule has 15 heavy (non-hydrogen) atoms. The van der Waals surface area contributed by atoms with Crippen molar-refractivity contribution in [3.05, 3.63) is 41.3 Å². The molecule has 0 amide bonds. The number of pyridine rings is 1. The summed E-state index contributed by atoms with van der Waals surface area (Å²) < 4.78 is 1.82. The second kappa shape index (κ2) is 3.87. The molecule has 0 saturated carbocycles. The lowest BCUT2D eigenvalue weighted by atomic mass is 10.3. The molecule has 0 aromatic carbocycles. The van der Waals surface area contributed by atoms with Crippen molar-refractivity contribution in [1.82, 2.24) is 9.38 Å². The highest BCUT2D eigenvalue weighted by atomic mass is 35.5. The van der Waals surface area contributed by atoms with Crippen LogP contribution in [0.4, 0.5) is 0 Å². The summed E-state index contributed by atoms with van der Waals surface area (Å²) in [5, 5.41) is 0.655. The Hall–Kier alpha value is -1.61. The van der Waals surface area contributed by atoms with Crippen LogP contribution in [0.5, 0.6) is 0 Å². The summed E-state index contributed by atoms with van der Waals surface area (Å²) in [6, 6.07) is 3.61. The molecule has 2 rings (SSSR count). The topological polar surface area (TPSA) is 34.4 Å². The van der Waals surface area contributed by atoms with Gasteiger partial charge in [-0.3, -0.25) is 4.79 Å². The van der Waals surface area contributed by atoms with Gasteiger partial charge in [-0.05, 0) is 31.2 Å². The van der Waals surface area contributed by atoms with Crippen molar-refractivity contribution in [2.45, 2.75) is 6.92 Å². The lowest BCUT2D eigenvalue weighted by molar-refractivity contribution is -0.112. The Labute approximate surface area is 92.0 Å². The van der Waals surface area contributed by atoms with E-state index in [1.54, 1.807) is 18.3 Å². The number of hydrogen-bond donors (Lipinski definition) is 0. The Morgan fingerprint density at radius 1 is 1.47 bits per heavy atom. The van der Waals surface area contributed by atoms with Gasteiger partial charge in [-0.1, -0.05) is 11.6 Å². The number of imidazole rings is 1. The number of rotatable bonds is 2. The standard InChI is InChI=1S/C11H9ClN2O/c1-8(15)2-4-10-7-14-6-9(12)3-5-11(14)13-10/h2-7H,1H3/b4-2+. The van der Waals surface area contributed by atoms with E-state index in [0.29, 0.717) is 5.02 Å². The van der Waals surface area contributed by atoms with Crippen LogP contribution in [0.2, 0.25) is 5.02 Å². The summed E-state index contributed by atoms with van der Waals surface area (Å²) in [5.41, 5.74) is 1.55. The Morgan fingerprint density at radius 3 is 3.00 bits per heavy atom. The van der Waals surface area contributed by atoms with Crippen LogP contribution < -0.4 is 0 Å². The Balaban J connectivity index is 2.43. The third-order valence-electron chi connectivity index (χ3n) is 1.92. The van der Waals surface area contributed by atoms with E-state index < -0.39 is 0 Å². The van der Waals surface area contributed by atoms with Gasteiger partial charge in [0.2, 0.25) is 0 Å². The van der Waals surface area contributed by atoms with Crippen LogP contribution >= 0.6 is 11.6 Å². The third-order valence-corrected chi connectivity index (χ3v) is 2.15. The molecule has 4 heteroatoms. The van der Waals surface area contributed by atoms with Crippen molar-refractivity contribution in [2.75, 3.05) is 0 Å². The van der Waals surface area contributed by atoms with E-state index in [2.05, 4.69) is 4.98 Å². The lowest BCUT2D eigenvalue weighted by Crippen LogP contribution is -1.79. The zero-order valence-corrected chi connectivity index (χ0v) is 8.90. The number of allylic oxidation sites excluding steroid dienone is 1. The predicted molar refractivity (Wildman–Crippen MR) is 59.9 cm³/mol. The lowest BCUT2D eigenvalue weighted by Gasteiger charge is -1.91. The summed E-state index contributed by atoms with van der Waals surface area (Å²) in [4.78, 5) is 15.0. The average Bonchev–Trinajstić information content (AvgIpc) is 2.56. The van der Waals surface area contributed by atoms with E-state index in [1.807, 2.05) is 16.7 Å². The molecule has 0 aliphatic heterocycles. The summed E-state index contributed by atoms with van der Waals surface area (Å²) in [7, 11) is 0. The molecular formula is C11H9ClN2O. The monoisotopic (exact) mass is 220 g/mol. The summed E-state index contributed by atoms with van der Waals surface area (Å²) >= 11 is 5.83. The van der Waals surface area contributed by atoms with Gasteiger partial charge in [0.25, 0.3) is 0 Å². The Morgan fingerprint density at radius 2 is 2.27 bits per heavy atom. The first-order valence-corrected chi connectivity index (χ1v) is 4.86. The van der Waals surface area contributed by atoms with Crippen LogP contribution in [-0.2, 0) is 4.79 Å². The molecular weight excluding hydrogens is 212 g/mol. The molecule has 0 fully saturated rings. The smallest absolute Gasteiger partial charge is 0.152 e. The highest BCUT2D eigenvalue weighted by molar-refractivity contribution is 6.30. The first-order chi connectivity index (χ1) is 7.15. The predicted octanol–water partition coefficient (Wildman–Crippen LogP) is 2.59. The minimum absolute atomic E-state index is 0.00471. The number of halogens is 1. The minimum atomic E-state index is 0.00471. The van der Waals surface area contributed by atoms with E-state index in [4.69, 9.17) is 11.6 Å². The Bertz CT molecular complexity index is 543. The molecule has 2 aromatic rings. The van der Waals surface area contributed by atoms with Crippen molar-refractivity contribution in [2.24, 2.45) is 0 Å². The second-order valence-electron chi connectivity index (χ2n) is 3.22. The number of fused-ring (bicyclic) bond motifs is 1. The second-order valence-corrected chi connectivity index (χ2v) is 3.66. The number of aromatic nitrogens is 2. The molecule has 0 unspecified atom stereocenters. The van der Waals surface area contributed by atoms with Crippen LogP contribution in [-0.4, -0.2) is 15.2 Å². The van der Waals surface area contributed by atoms with E-state index in [0.717, 1.165) is 11.3 Å². The first kappa shape index (κ1) is 9.93. The normalized spacial score (nSPS) is 11.3. The average molecular weight is 221 g/mol. The van der Waals surface area contributed by atoms with Crippen LogP contribution in [0, 0.1) is 0 Å². The van der Waals surface area contributed by atoms with Gasteiger partial charge in [-0.25, -0.2) is 4.98 Å². The van der Waals surface area contributed by atoms with Gasteiger partial charge >= 0.3 is 0 Å². The van der Waals surface area contributed by atoms with Gasteiger partial charge in [0.15, 0.2) is 5.78 Å². The van der Waals surface area contributed by atoms with E-state index in [9.17, 15) is 4.79 Å². The molecule has 76 valence electrons. The maximum atomic E-state index is 10.7. The molecule has 0 spiro atoms. The van der Waals surface area contributed by atoms with Gasteiger partial charge in [-0.15, -0.1) is 0 Å². The highest BCUT2D eigenvalue weighted by Gasteiger charge is 1.98. The molecule has 0 aliphatic rings. The van der Waals surface area contributed by atoms with Crippen molar-refractivity contribution < 1.29 is 4.79 Å². The fraction of sp³-hybridized carbons (Fsp3) is 0.0909. The fourth-order valence-corrected chi connectivity index (χ4v) is 1.44. The maximum Gasteiger partial charge on any atom is 0.152 e. The van der Waals surface area contributed by atoms with Crippen molar-refractivity contribution in [3.63, 3.8) is 0 Å². The quantitative estimate of drug-likeness (QED) is 0.729. The summed E-state index contributed by atoms with van der Waals surface area (Å²) in [6.07, 6.45) is 6.77. The van der Waals surface area contributed by atoms with Crippen LogP contribution in [0.1, 0.15) is 12.6 Å². The van der Waals surface area contributed by atoms with Gasteiger partial charge in [0, 0.05) is 12.4 Å². The van der Waals surface area contributed by atoms with E-state index in [1.165, 1.54) is 13.0 Å². The van der Waals surface area contributed by atoms with Crippen LogP contribution in [0.25, 0.3) is 11.7 Å². The summed E-state index contributed by atoms with van der Waals surface area (Å²) in [5.74, 6) is 0.00471. The Kier molecular flexibility index (Phi) is 2.56. The molecule has 0 N–H and O–H groups in total. The highest BCUT2D eigenvalue weighted by Crippen LogP contribution is 2.12.